The van der Waals surface area contributed by atoms with Crippen molar-refractivity contribution in [2.75, 3.05) is 14.1 Å². The van der Waals surface area contributed by atoms with E-state index in [0.717, 1.165) is 16.7 Å². The first-order valence-electron chi connectivity index (χ1n) is 5.57. The Morgan fingerprint density at radius 3 is 2.18 bits per heavy atom. The fourth-order valence-corrected chi connectivity index (χ4v) is 2.02. The van der Waals surface area contributed by atoms with E-state index >= 15 is 0 Å². The van der Waals surface area contributed by atoms with E-state index in [1.165, 1.54) is 0 Å². The minimum absolute atomic E-state index is 0.254. The maximum absolute atomic E-state index is 11.4. The molecular weight excluding hydrogens is 216 g/mol. The largest absolute Gasteiger partial charge is 0.508 e. The van der Waals surface area contributed by atoms with E-state index in [1.807, 2.05) is 32.8 Å². The SMILES string of the molecule is Cc1cc(O)cc(C)c1CC(C(N)=O)N(C)C. The molecule has 0 bridgehead atoms. The van der Waals surface area contributed by atoms with Gasteiger partial charge in [0.15, 0.2) is 0 Å². The van der Waals surface area contributed by atoms with Crippen LogP contribution in [0, 0.1) is 13.8 Å². The topological polar surface area (TPSA) is 66.6 Å². The second-order valence-electron chi connectivity index (χ2n) is 4.64. The molecule has 94 valence electrons. The Kier molecular flexibility index (Phi) is 4.12. The lowest BCUT2D eigenvalue weighted by molar-refractivity contribution is -0.122. The van der Waals surface area contributed by atoms with Crippen molar-refractivity contribution in [3.05, 3.63) is 28.8 Å². The van der Waals surface area contributed by atoms with Gasteiger partial charge in [-0.3, -0.25) is 9.69 Å². The minimum atomic E-state index is -0.332. The minimum Gasteiger partial charge on any atom is -0.508 e. The normalized spacial score (nSPS) is 12.8. The Morgan fingerprint density at radius 1 is 1.35 bits per heavy atom. The average Bonchev–Trinajstić information content (AvgIpc) is 2.14. The zero-order valence-corrected chi connectivity index (χ0v) is 10.8. The molecule has 4 heteroatoms. The van der Waals surface area contributed by atoms with E-state index < -0.39 is 0 Å². The van der Waals surface area contributed by atoms with Crippen LogP contribution in [0.2, 0.25) is 0 Å². The summed E-state index contributed by atoms with van der Waals surface area (Å²) in [6.07, 6.45) is 0.570. The van der Waals surface area contributed by atoms with Crippen LogP contribution >= 0.6 is 0 Å². The molecule has 4 nitrogen and oxygen atoms in total. The summed E-state index contributed by atoms with van der Waals surface area (Å²) >= 11 is 0. The molecule has 1 rings (SSSR count). The molecule has 3 N–H and O–H groups in total. The van der Waals surface area contributed by atoms with Crippen LogP contribution < -0.4 is 5.73 Å². The molecule has 0 aliphatic heterocycles. The molecule has 1 atom stereocenters. The lowest BCUT2D eigenvalue weighted by Crippen LogP contribution is -2.42. The summed E-state index contributed by atoms with van der Waals surface area (Å²) in [7, 11) is 3.67. The van der Waals surface area contributed by atoms with E-state index in [9.17, 15) is 9.90 Å². The first-order valence-corrected chi connectivity index (χ1v) is 5.57. The number of phenols is 1. The number of benzene rings is 1. The van der Waals surface area contributed by atoms with Crippen LogP contribution in [0.15, 0.2) is 12.1 Å². The van der Waals surface area contributed by atoms with E-state index in [-0.39, 0.29) is 17.7 Å². The van der Waals surface area contributed by atoms with E-state index in [1.54, 1.807) is 12.1 Å². The first kappa shape index (κ1) is 13.5. The number of hydrogen-bond acceptors (Lipinski definition) is 3. The number of rotatable bonds is 4. The lowest BCUT2D eigenvalue weighted by Gasteiger charge is -2.23. The predicted octanol–water partition coefficient (Wildman–Crippen LogP) is 0.967. The van der Waals surface area contributed by atoms with Crippen molar-refractivity contribution in [3.8, 4) is 5.75 Å². The van der Waals surface area contributed by atoms with Crippen LogP contribution in [0.25, 0.3) is 0 Å². The van der Waals surface area contributed by atoms with Crippen LogP contribution in [-0.4, -0.2) is 36.1 Å². The van der Waals surface area contributed by atoms with E-state index in [4.69, 9.17) is 5.73 Å². The van der Waals surface area contributed by atoms with Gasteiger partial charge in [-0.2, -0.15) is 0 Å². The molecule has 1 amide bonds. The second kappa shape index (κ2) is 5.19. The average molecular weight is 236 g/mol. The fourth-order valence-electron chi connectivity index (χ4n) is 2.02. The standard InChI is InChI=1S/C13H20N2O2/c1-8-5-10(16)6-9(2)11(8)7-12(13(14)17)15(3)4/h5-6,12,16H,7H2,1-4H3,(H2,14,17). The van der Waals surface area contributed by atoms with Crippen molar-refractivity contribution in [2.24, 2.45) is 5.73 Å². The Bertz CT molecular complexity index is 404. The Balaban J connectivity index is 3.05. The number of hydrogen-bond donors (Lipinski definition) is 2. The smallest absolute Gasteiger partial charge is 0.235 e. The summed E-state index contributed by atoms with van der Waals surface area (Å²) in [5, 5.41) is 9.47. The van der Waals surface area contributed by atoms with Gasteiger partial charge in [-0.05, 0) is 63.2 Å². The highest BCUT2D eigenvalue weighted by Crippen LogP contribution is 2.22. The third-order valence-corrected chi connectivity index (χ3v) is 3.03. The first-order chi connectivity index (χ1) is 7.82. The van der Waals surface area contributed by atoms with Crippen molar-refractivity contribution in [1.82, 2.24) is 4.90 Å². The molecule has 0 aliphatic carbocycles. The summed E-state index contributed by atoms with van der Waals surface area (Å²) in [5.74, 6) is -0.0777. The van der Waals surface area contributed by atoms with Gasteiger partial charge in [-0.25, -0.2) is 0 Å². The number of nitrogens with two attached hydrogens (primary N) is 1. The van der Waals surface area contributed by atoms with Crippen LogP contribution in [-0.2, 0) is 11.2 Å². The predicted molar refractivity (Wildman–Crippen MR) is 68.0 cm³/mol. The second-order valence-corrected chi connectivity index (χ2v) is 4.64. The van der Waals surface area contributed by atoms with Crippen LogP contribution in [0.4, 0.5) is 0 Å². The molecule has 0 radical (unpaired) electrons. The number of primary amides is 1. The van der Waals surface area contributed by atoms with Gasteiger partial charge in [0, 0.05) is 0 Å². The summed E-state index contributed by atoms with van der Waals surface area (Å²) in [6.45, 7) is 3.85. The summed E-state index contributed by atoms with van der Waals surface area (Å²) < 4.78 is 0. The molecule has 0 saturated carbocycles. The van der Waals surface area contributed by atoms with Crippen molar-refractivity contribution < 1.29 is 9.90 Å². The van der Waals surface area contributed by atoms with Crippen molar-refractivity contribution in [1.29, 1.82) is 0 Å². The summed E-state index contributed by atoms with van der Waals surface area (Å²) in [6, 6.07) is 3.09. The van der Waals surface area contributed by atoms with E-state index in [2.05, 4.69) is 0 Å². The van der Waals surface area contributed by atoms with E-state index in [0.29, 0.717) is 6.42 Å². The Morgan fingerprint density at radius 2 is 1.82 bits per heavy atom. The molecule has 17 heavy (non-hydrogen) atoms. The van der Waals surface area contributed by atoms with Crippen molar-refractivity contribution >= 4 is 5.91 Å². The summed E-state index contributed by atoms with van der Waals surface area (Å²) in [4.78, 5) is 13.2. The Labute approximate surface area is 102 Å². The highest BCUT2D eigenvalue weighted by atomic mass is 16.3. The maximum atomic E-state index is 11.4. The third-order valence-electron chi connectivity index (χ3n) is 3.03. The number of amides is 1. The van der Waals surface area contributed by atoms with Gasteiger partial charge in [-0.1, -0.05) is 0 Å². The molecule has 1 unspecified atom stereocenters. The van der Waals surface area contributed by atoms with Gasteiger partial charge < -0.3 is 10.8 Å². The molecule has 0 spiro atoms. The molecule has 0 fully saturated rings. The third kappa shape index (κ3) is 3.20. The van der Waals surface area contributed by atoms with Crippen molar-refractivity contribution in [2.45, 2.75) is 26.3 Å². The number of carbonyl (C=O) groups excluding carboxylic acids is 1. The van der Waals surface area contributed by atoms with Crippen LogP contribution in [0.5, 0.6) is 5.75 Å². The van der Waals surface area contributed by atoms with Gasteiger partial charge in [0.1, 0.15) is 5.75 Å². The van der Waals surface area contributed by atoms with Crippen LogP contribution in [0.1, 0.15) is 16.7 Å². The number of carbonyl (C=O) groups is 1. The maximum Gasteiger partial charge on any atom is 0.235 e. The highest BCUT2D eigenvalue weighted by Gasteiger charge is 2.20. The number of aryl methyl sites for hydroxylation is 2. The monoisotopic (exact) mass is 236 g/mol. The molecule has 1 aromatic rings. The number of aromatic hydroxyl groups is 1. The van der Waals surface area contributed by atoms with Crippen LogP contribution in [0.3, 0.4) is 0 Å². The molecule has 0 saturated heterocycles. The van der Waals surface area contributed by atoms with Gasteiger partial charge in [-0.15, -0.1) is 0 Å². The van der Waals surface area contributed by atoms with Gasteiger partial charge in [0.05, 0.1) is 6.04 Å². The number of nitrogens with zero attached hydrogens (tertiary/aromatic N) is 1. The fraction of sp³-hybridized carbons (Fsp3) is 0.462. The zero-order valence-electron chi connectivity index (χ0n) is 10.8. The number of phenolic OH excluding ortho intramolecular Hbond substituents is 1. The molecule has 0 aromatic heterocycles. The molecule has 0 heterocycles. The summed E-state index contributed by atoms with van der Waals surface area (Å²) in [5.41, 5.74) is 8.42. The van der Waals surface area contributed by atoms with Gasteiger partial charge >= 0.3 is 0 Å². The van der Waals surface area contributed by atoms with Gasteiger partial charge in [0.2, 0.25) is 5.91 Å². The van der Waals surface area contributed by atoms with Gasteiger partial charge in [0.25, 0.3) is 0 Å². The van der Waals surface area contributed by atoms with Crippen molar-refractivity contribution in [3.63, 3.8) is 0 Å². The lowest BCUT2D eigenvalue weighted by atomic mass is 9.95. The number of likely N-dealkylation sites (N-methyl/N-ethyl adjacent to an activating group) is 1. The molecule has 0 aliphatic rings. The Hall–Kier alpha value is -1.55. The molecular formula is C13H20N2O2. The zero-order chi connectivity index (χ0) is 13.2. The molecule has 1 aromatic carbocycles. The quantitative estimate of drug-likeness (QED) is 0.818. The highest BCUT2D eigenvalue weighted by molar-refractivity contribution is 5.80.